The number of ketones is 2. The highest BCUT2D eigenvalue weighted by Crippen LogP contribution is 2.44. The summed E-state index contributed by atoms with van der Waals surface area (Å²) in [4.78, 5) is 44.9. The van der Waals surface area contributed by atoms with Gasteiger partial charge >= 0.3 is 0 Å². The van der Waals surface area contributed by atoms with Crippen molar-refractivity contribution in [2.75, 3.05) is 18.6 Å². The third-order valence-corrected chi connectivity index (χ3v) is 7.07. The minimum Gasteiger partial charge on any atom is -0.503 e. The van der Waals surface area contributed by atoms with E-state index in [1.807, 2.05) is 37.3 Å². The van der Waals surface area contributed by atoms with Crippen LogP contribution in [0.25, 0.3) is 6.08 Å². The normalized spacial score (nSPS) is 15.5. The van der Waals surface area contributed by atoms with E-state index in [0.717, 1.165) is 16.9 Å². The number of aryl methyl sites for hydroxylation is 1. The molecule has 37 heavy (non-hydrogen) atoms. The Bertz CT molecular complexity index is 1420. The van der Waals surface area contributed by atoms with Gasteiger partial charge in [0.25, 0.3) is 5.91 Å². The highest BCUT2D eigenvalue weighted by atomic mass is 32.1. The number of ether oxygens (including phenoxy) is 2. The van der Waals surface area contributed by atoms with Crippen LogP contribution in [0.4, 0.5) is 5.13 Å². The van der Waals surface area contributed by atoms with Gasteiger partial charge in [-0.2, -0.15) is 0 Å². The first-order chi connectivity index (χ1) is 17.8. The van der Waals surface area contributed by atoms with Crippen LogP contribution in [0.1, 0.15) is 46.4 Å². The second kappa shape index (κ2) is 10.8. The fourth-order valence-corrected chi connectivity index (χ4v) is 5.13. The molecule has 190 valence electrons. The Morgan fingerprint density at radius 2 is 1.89 bits per heavy atom. The Labute approximate surface area is 218 Å². The van der Waals surface area contributed by atoms with Crippen LogP contribution in [0.5, 0.6) is 11.5 Å². The number of hydrogen-bond acceptors (Lipinski definition) is 8. The molecule has 1 unspecified atom stereocenters. The van der Waals surface area contributed by atoms with E-state index in [-0.39, 0.29) is 16.5 Å². The summed E-state index contributed by atoms with van der Waals surface area (Å²) >= 11 is 1.04. The van der Waals surface area contributed by atoms with E-state index < -0.39 is 23.5 Å². The second-order valence-corrected chi connectivity index (χ2v) is 9.24. The average molecular weight is 519 g/mol. The molecule has 9 heteroatoms. The number of carbonyl (C=O) groups is 3. The van der Waals surface area contributed by atoms with Gasteiger partial charge in [0.15, 0.2) is 34.0 Å². The lowest BCUT2D eigenvalue weighted by Gasteiger charge is -2.25. The van der Waals surface area contributed by atoms with Crippen molar-refractivity contribution in [3.05, 3.63) is 87.6 Å². The summed E-state index contributed by atoms with van der Waals surface area (Å²) in [6.45, 7) is 5.36. The smallest absolute Gasteiger partial charge is 0.296 e. The highest BCUT2D eigenvalue weighted by molar-refractivity contribution is 7.17. The number of benzene rings is 2. The molecule has 4 rings (SSSR count). The summed E-state index contributed by atoms with van der Waals surface area (Å²) in [7, 11) is 1.49. The lowest BCUT2D eigenvalue weighted by atomic mass is 9.95. The monoisotopic (exact) mass is 518 g/mol. The quantitative estimate of drug-likeness (QED) is 0.305. The molecule has 1 aromatic heterocycles. The molecule has 1 aliphatic rings. The topological polar surface area (TPSA) is 106 Å². The van der Waals surface area contributed by atoms with Crippen LogP contribution in [-0.4, -0.2) is 41.3 Å². The molecule has 1 N–H and O–H groups in total. The third kappa shape index (κ3) is 5.03. The van der Waals surface area contributed by atoms with Gasteiger partial charge in [-0.25, -0.2) is 4.98 Å². The molecule has 2 heterocycles. The molecule has 0 fully saturated rings. The molecule has 1 atom stereocenters. The first-order valence-electron chi connectivity index (χ1n) is 11.6. The van der Waals surface area contributed by atoms with Crippen LogP contribution in [0, 0.1) is 6.92 Å². The Balaban J connectivity index is 1.84. The maximum Gasteiger partial charge on any atom is 0.296 e. The van der Waals surface area contributed by atoms with Crippen LogP contribution in [0.15, 0.2) is 65.9 Å². The van der Waals surface area contributed by atoms with E-state index in [9.17, 15) is 19.5 Å². The maximum atomic E-state index is 13.4. The molecule has 0 radical (unpaired) electrons. The molecular formula is C28H26N2O6S. The van der Waals surface area contributed by atoms with E-state index in [0.29, 0.717) is 34.2 Å². The first-order valence-corrected chi connectivity index (χ1v) is 12.4. The third-order valence-electron chi connectivity index (χ3n) is 5.81. The number of amides is 1. The number of thiazole rings is 1. The number of anilines is 1. The minimum absolute atomic E-state index is 0.0966. The zero-order chi connectivity index (χ0) is 26.7. The van der Waals surface area contributed by atoms with Crippen LogP contribution in [-0.2, 0) is 9.59 Å². The van der Waals surface area contributed by atoms with Crippen molar-refractivity contribution < 1.29 is 29.0 Å². The molecular weight excluding hydrogens is 492 g/mol. The molecule has 1 aliphatic heterocycles. The van der Waals surface area contributed by atoms with E-state index in [2.05, 4.69) is 4.98 Å². The van der Waals surface area contributed by atoms with Crippen LogP contribution >= 0.6 is 11.3 Å². The average Bonchev–Trinajstić information content (AvgIpc) is 3.40. The second-order valence-electron chi connectivity index (χ2n) is 8.26. The standard InChI is InChI=1S/C28H26N2O6S/c1-5-36-21-14-12-19(15-22(21)35-4)24-23(20(32)13-11-18-9-7-6-8-10-18)25(33)27(34)30(24)28-29-16(2)26(37-28)17(3)31/h6-15,24,33H,5H2,1-4H3/b13-11+. The lowest BCUT2D eigenvalue weighted by Crippen LogP contribution is -2.30. The summed E-state index contributed by atoms with van der Waals surface area (Å²) in [5.41, 5.74) is 1.66. The molecule has 0 saturated heterocycles. The van der Waals surface area contributed by atoms with Crippen molar-refractivity contribution in [1.82, 2.24) is 4.98 Å². The summed E-state index contributed by atoms with van der Waals surface area (Å²) in [5.74, 6) is -1.26. The Morgan fingerprint density at radius 3 is 2.51 bits per heavy atom. The Kier molecular flexibility index (Phi) is 7.54. The van der Waals surface area contributed by atoms with Gasteiger partial charge < -0.3 is 14.6 Å². The molecule has 0 saturated carbocycles. The highest BCUT2D eigenvalue weighted by Gasteiger charge is 2.45. The van der Waals surface area contributed by atoms with Gasteiger partial charge in [0.05, 0.1) is 35.9 Å². The number of rotatable bonds is 9. The van der Waals surface area contributed by atoms with Gasteiger partial charge in [0.2, 0.25) is 0 Å². The van der Waals surface area contributed by atoms with Crippen LogP contribution < -0.4 is 14.4 Å². The van der Waals surface area contributed by atoms with Gasteiger partial charge in [0, 0.05) is 6.92 Å². The SMILES string of the molecule is CCOc1ccc(C2C(C(=O)/C=C/c3ccccc3)=C(O)C(=O)N2c2nc(C)c(C(C)=O)s2)cc1OC. The summed E-state index contributed by atoms with van der Waals surface area (Å²) in [6, 6.07) is 13.3. The molecule has 0 spiro atoms. The number of allylic oxidation sites excluding steroid dienone is 1. The van der Waals surface area contributed by atoms with Gasteiger partial charge in [-0.3, -0.25) is 19.3 Å². The lowest BCUT2D eigenvalue weighted by molar-refractivity contribution is -0.117. The number of hydrogen-bond donors (Lipinski definition) is 1. The van der Waals surface area contributed by atoms with Crippen molar-refractivity contribution in [3.8, 4) is 11.5 Å². The Hall–Kier alpha value is -4.24. The summed E-state index contributed by atoms with van der Waals surface area (Å²) in [5, 5.41) is 11.1. The van der Waals surface area contributed by atoms with Gasteiger partial charge in [-0.05, 0) is 43.2 Å². The van der Waals surface area contributed by atoms with Crippen molar-refractivity contribution in [2.24, 2.45) is 0 Å². The van der Waals surface area contributed by atoms with Crippen molar-refractivity contribution in [1.29, 1.82) is 0 Å². The fourth-order valence-electron chi connectivity index (χ4n) is 4.14. The largest absolute Gasteiger partial charge is 0.503 e. The van der Waals surface area contributed by atoms with Crippen LogP contribution in [0.2, 0.25) is 0 Å². The predicted molar refractivity (Wildman–Crippen MR) is 141 cm³/mol. The molecule has 2 aromatic carbocycles. The fraction of sp³-hybridized carbons (Fsp3) is 0.214. The van der Waals surface area contributed by atoms with E-state index in [1.165, 1.54) is 25.0 Å². The molecule has 3 aromatic rings. The van der Waals surface area contributed by atoms with Gasteiger partial charge in [-0.1, -0.05) is 53.8 Å². The van der Waals surface area contributed by atoms with Crippen molar-refractivity contribution in [3.63, 3.8) is 0 Å². The van der Waals surface area contributed by atoms with Gasteiger partial charge in [0.1, 0.15) is 0 Å². The van der Waals surface area contributed by atoms with Crippen LogP contribution in [0.3, 0.4) is 0 Å². The predicted octanol–water partition coefficient (Wildman–Crippen LogP) is 5.24. The molecule has 0 bridgehead atoms. The zero-order valence-electron chi connectivity index (χ0n) is 20.8. The maximum absolute atomic E-state index is 13.4. The van der Waals surface area contributed by atoms with E-state index in [4.69, 9.17) is 9.47 Å². The summed E-state index contributed by atoms with van der Waals surface area (Å²) in [6.07, 6.45) is 2.94. The molecule has 1 amide bonds. The van der Waals surface area contributed by atoms with Crippen molar-refractivity contribution in [2.45, 2.75) is 26.8 Å². The minimum atomic E-state index is -1.00. The molecule has 8 nitrogen and oxygen atoms in total. The number of nitrogens with zero attached hydrogens (tertiary/aromatic N) is 2. The number of carbonyl (C=O) groups excluding carboxylic acids is 3. The van der Waals surface area contributed by atoms with Gasteiger partial charge in [-0.15, -0.1) is 0 Å². The number of Topliss-reactive ketones (excluding diaryl/α,β-unsaturated/α-hetero) is 1. The summed E-state index contributed by atoms with van der Waals surface area (Å²) < 4.78 is 11.1. The number of aromatic nitrogens is 1. The van der Waals surface area contributed by atoms with E-state index in [1.54, 1.807) is 31.2 Å². The number of aliphatic hydroxyl groups is 1. The Morgan fingerprint density at radius 1 is 1.16 bits per heavy atom. The van der Waals surface area contributed by atoms with Crippen molar-refractivity contribution >= 4 is 40.0 Å². The van der Waals surface area contributed by atoms with E-state index >= 15 is 0 Å². The zero-order valence-corrected chi connectivity index (χ0v) is 21.7. The molecule has 0 aliphatic carbocycles. The number of methoxy groups -OCH3 is 1. The number of aliphatic hydroxyl groups excluding tert-OH is 1. The first kappa shape index (κ1) is 25.8.